The molecule has 0 radical (unpaired) electrons. The summed E-state index contributed by atoms with van der Waals surface area (Å²) in [7, 11) is 1.79. The average molecular weight is 306 g/mol. The van der Waals surface area contributed by atoms with E-state index in [2.05, 4.69) is 12.1 Å². The third kappa shape index (κ3) is 7.91. The monoisotopic (exact) mass is 306 g/mol. The molecule has 1 amide bonds. The molecule has 0 saturated carbocycles. The number of hydrogen-bond acceptors (Lipinski definition) is 3. The highest BCUT2D eigenvalue weighted by Gasteiger charge is 2.18. The van der Waals surface area contributed by atoms with Crippen molar-refractivity contribution in [1.29, 1.82) is 0 Å². The van der Waals surface area contributed by atoms with Crippen LogP contribution in [0, 0.1) is 0 Å². The third-order valence-electron chi connectivity index (χ3n) is 3.39. The lowest BCUT2D eigenvalue weighted by molar-refractivity contribution is 0.0296. The van der Waals surface area contributed by atoms with Crippen molar-refractivity contribution in [1.82, 2.24) is 4.90 Å². The molecule has 124 valence electrons. The molecule has 1 aromatic carbocycles. The lowest BCUT2D eigenvalue weighted by Crippen LogP contribution is -2.34. The molecule has 0 fully saturated rings. The van der Waals surface area contributed by atoms with E-state index in [0.29, 0.717) is 0 Å². The van der Waals surface area contributed by atoms with Crippen LogP contribution in [0.5, 0.6) is 0 Å². The summed E-state index contributed by atoms with van der Waals surface area (Å²) in [6.45, 7) is 6.40. The van der Waals surface area contributed by atoms with Gasteiger partial charge < -0.3 is 15.4 Å². The van der Waals surface area contributed by atoms with Gasteiger partial charge in [0.2, 0.25) is 0 Å². The Bertz CT molecular complexity index is 449. The Kier molecular flexibility index (Phi) is 7.22. The summed E-state index contributed by atoms with van der Waals surface area (Å²) in [4.78, 5) is 13.4. The lowest BCUT2D eigenvalue weighted by Gasteiger charge is -2.24. The minimum absolute atomic E-state index is 0.241. The Morgan fingerprint density at radius 3 is 2.27 bits per heavy atom. The first-order chi connectivity index (χ1) is 10.3. The van der Waals surface area contributed by atoms with E-state index in [1.54, 1.807) is 11.9 Å². The highest BCUT2D eigenvalue weighted by molar-refractivity contribution is 5.67. The zero-order chi connectivity index (χ0) is 16.6. The molecule has 0 unspecified atom stereocenters. The first-order valence-electron chi connectivity index (χ1n) is 8.06. The topological polar surface area (TPSA) is 55.6 Å². The Morgan fingerprint density at radius 2 is 1.68 bits per heavy atom. The van der Waals surface area contributed by atoms with Gasteiger partial charge in [0.15, 0.2) is 0 Å². The van der Waals surface area contributed by atoms with Gasteiger partial charge in [-0.1, -0.05) is 25.0 Å². The van der Waals surface area contributed by atoms with Gasteiger partial charge in [0.1, 0.15) is 5.60 Å². The van der Waals surface area contributed by atoms with E-state index in [1.807, 2.05) is 32.9 Å². The van der Waals surface area contributed by atoms with Crippen molar-refractivity contribution in [2.45, 2.75) is 58.5 Å². The Balaban J connectivity index is 2.10. The second-order valence-corrected chi connectivity index (χ2v) is 6.81. The second kappa shape index (κ2) is 8.66. The number of aryl methyl sites for hydroxylation is 1. The minimum Gasteiger partial charge on any atom is -0.444 e. The van der Waals surface area contributed by atoms with Gasteiger partial charge in [0.25, 0.3) is 0 Å². The number of hydrogen-bond donors (Lipinski definition) is 1. The number of ether oxygens (including phenoxy) is 1. The zero-order valence-electron chi connectivity index (χ0n) is 14.4. The predicted octanol–water partition coefficient (Wildman–Crippen LogP) is 4.24. The maximum Gasteiger partial charge on any atom is 0.410 e. The molecule has 4 nitrogen and oxygen atoms in total. The first-order valence-corrected chi connectivity index (χ1v) is 8.06. The molecule has 0 aliphatic heterocycles. The molecule has 22 heavy (non-hydrogen) atoms. The van der Waals surface area contributed by atoms with Gasteiger partial charge in [-0.05, 0) is 57.7 Å². The predicted molar refractivity (Wildman–Crippen MR) is 91.9 cm³/mol. The number of carbonyl (C=O) groups is 1. The lowest BCUT2D eigenvalue weighted by atomic mass is 10.1. The number of rotatable bonds is 7. The smallest absolute Gasteiger partial charge is 0.410 e. The Labute approximate surface area is 134 Å². The molecule has 0 spiro atoms. The normalized spacial score (nSPS) is 11.3. The fraction of sp³-hybridized carbons (Fsp3) is 0.611. The van der Waals surface area contributed by atoms with Gasteiger partial charge in [-0.15, -0.1) is 0 Å². The standard InChI is InChI=1S/C18H30N2O2/c1-18(2,3)22-17(21)20(4)14-8-6-5-7-9-15-10-12-16(19)13-11-15/h10-13H,5-9,14,19H2,1-4H3. The number of nitrogens with two attached hydrogens (primary N) is 1. The number of unbranched alkanes of at least 4 members (excludes halogenated alkanes) is 3. The Hall–Kier alpha value is -1.71. The van der Waals surface area contributed by atoms with Crippen molar-refractivity contribution in [2.75, 3.05) is 19.3 Å². The van der Waals surface area contributed by atoms with E-state index in [1.165, 1.54) is 18.4 Å². The van der Waals surface area contributed by atoms with E-state index in [-0.39, 0.29) is 6.09 Å². The summed E-state index contributed by atoms with van der Waals surface area (Å²) in [5, 5.41) is 0. The quantitative estimate of drug-likeness (QED) is 0.605. The van der Waals surface area contributed by atoms with E-state index in [9.17, 15) is 4.79 Å². The molecule has 0 aromatic heterocycles. The van der Waals surface area contributed by atoms with Crippen molar-refractivity contribution in [3.8, 4) is 0 Å². The number of anilines is 1. The molecule has 0 bridgehead atoms. The largest absolute Gasteiger partial charge is 0.444 e. The van der Waals surface area contributed by atoms with Crippen LogP contribution in [0.2, 0.25) is 0 Å². The molecule has 0 aliphatic carbocycles. The summed E-state index contributed by atoms with van der Waals surface area (Å²) in [6, 6.07) is 8.08. The summed E-state index contributed by atoms with van der Waals surface area (Å²) in [6.07, 6.45) is 5.32. The molecular weight excluding hydrogens is 276 g/mol. The zero-order valence-corrected chi connectivity index (χ0v) is 14.4. The van der Waals surface area contributed by atoms with Crippen LogP contribution in [0.1, 0.15) is 52.0 Å². The first kappa shape index (κ1) is 18.3. The van der Waals surface area contributed by atoms with Gasteiger partial charge in [-0.3, -0.25) is 0 Å². The van der Waals surface area contributed by atoms with Crippen LogP contribution in [-0.2, 0) is 11.2 Å². The van der Waals surface area contributed by atoms with E-state index in [0.717, 1.165) is 31.5 Å². The molecule has 0 saturated heterocycles. The molecular formula is C18H30N2O2. The van der Waals surface area contributed by atoms with E-state index in [4.69, 9.17) is 10.5 Å². The molecule has 1 rings (SSSR count). The van der Waals surface area contributed by atoms with Crippen LogP contribution in [0.4, 0.5) is 10.5 Å². The van der Waals surface area contributed by atoms with Crippen LogP contribution in [0.15, 0.2) is 24.3 Å². The van der Waals surface area contributed by atoms with Crippen molar-refractivity contribution >= 4 is 11.8 Å². The number of nitrogens with zero attached hydrogens (tertiary/aromatic N) is 1. The molecule has 4 heteroatoms. The number of carbonyl (C=O) groups excluding carboxylic acids is 1. The van der Waals surface area contributed by atoms with E-state index < -0.39 is 5.60 Å². The number of amides is 1. The van der Waals surface area contributed by atoms with Crippen LogP contribution in [0.3, 0.4) is 0 Å². The maximum absolute atomic E-state index is 11.8. The fourth-order valence-electron chi connectivity index (χ4n) is 2.15. The van der Waals surface area contributed by atoms with Crippen LogP contribution in [0.25, 0.3) is 0 Å². The second-order valence-electron chi connectivity index (χ2n) is 6.81. The molecule has 1 aromatic rings. The van der Waals surface area contributed by atoms with E-state index >= 15 is 0 Å². The molecule has 0 atom stereocenters. The van der Waals surface area contributed by atoms with Gasteiger partial charge >= 0.3 is 6.09 Å². The molecule has 2 N–H and O–H groups in total. The SMILES string of the molecule is CN(CCCCCCc1ccc(N)cc1)C(=O)OC(C)(C)C. The summed E-state index contributed by atoms with van der Waals surface area (Å²) in [5.41, 5.74) is 7.39. The van der Waals surface area contributed by atoms with Crippen LogP contribution >= 0.6 is 0 Å². The molecule has 0 aliphatic rings. The summed E-state index contributed by atoms with van der Waals surface area (Å²) >= 11 is 0. The number of benzene rings is 1. The van der Waals surface area contributed by atoms with Gasteiger partial charge in [0, 0.05) is 19.3 Å². The third-order valence-corrected chi connectivity index (χ3v) is 3.39. The maximum atomic E-state index is 11.8. The fourth-order valence-corrected chi connectivity index (χ4v) is 2.15. The van der Waals surface area contributed by atoms with Crippen LogP contribution in [-0.4, -0.2) is 30.2 Å². The summed E-state index contributed by atoms with van der Waals surface area (Å²) < 4.78 is 5.32. The number of nitrogen functional groups attached to an aromatic ring is 1. The van der Waals surface area contributed by atoms with Crippen molar-refractivity contribution in [3.05, 3.63) is 29.8 Å². The summed E-state index contributed by atoms with van der Waals surface area (Å²) in [5.74, 6) is 0. The van der Waals surface area contributed by atoms with Gasteiger partial charge in [-0.25, -0.2) is 4.79 Å². The minimum atomic E-state index is -0.426. The van der Waals surface area contributed by atoms with Crippen molar-refractivity contribution in [3.63, 3.8) is 0 Å². The van der Waals surface area contributed by atoms with Gasteiger partial charge in [-0.2, -0.15) is 0 Å². The van der Waals surface area contributed by atoms with Crippen molar-refractivity contribution < 1.29 is 9.53 Å². The van der Waals surface area contributed by atoms with Crippen LogP contribution < -0.4 is 5.73 Å². The Morgan fingerprint density at radius 1 is 1.09 bits per heavy atom. The van der Waals surface area contributed by atoms with Crippen molar-refractivity contribution in [2.24, 2.45) is 0 Å². The highest BCUT2D eigenvalue weighted by atomic mass is 16.6. The molecule has 0 heterocycles. The highest BCUT2D eigenvalue weighted by Crippen LogP contribution is 2.12. The average Bonchev–Trinajstić information content (AvgIpc) is 2.42. The van der Waals surface area contributed by atoms with Gasteiger partial charge in [0.05, 0.1) is 0 Å².